The van der Waals surface area contributed by atoms with Gasteiger partial charge in [0.1, 0.15) is 23.0 Å². The Balaban J connectivity index is 0.00000192. The van der Waals surface area contributed by atoms with Gasteiger partial charge in [-0.2, -0.15) is 0 Å². The molecule has 0 saturated carbocycles. The molecule has 3 rings (SSSR count). The summed E-state index contributed by atoms with van der Waals surface area (Å²) in [6.45, 7) is 6.87. The normalized spacial score (nSPS) is 11.4. The van der Waals surface area contributed by atoms with E-state index in [-0.39, 0.29) is 21.1 Å². The van der Waals surface area contributed by atoms with Crippen LogP contribution in [-0.2, 0) is 21.1 Å². The second-order valence-corrected chi connectivity index (χ2v) is 5.03. The Bertz CT molecular complexity index is 695. The van der Waals surface area contributed by atoms with Crippen molar-refractivity contribution in [3.8, 4) is 23.0 Å². The molecule has 2 aromatic carbocycles. The van der Waals surface area contributed by atoms with Crippen LogP contribution in [0.25, 0.3) is 12.2 Å². The third kappa shape index (κ3) is 4.17. The van der Waals surface area contributed by atoms with Gasteiger partial charge in [0, 0.05) is 44.3 Å². The van der Waals surface area contributed by atoms with Gasteiger partial charge in [-0.25, -0.2) is 0 Å². The second-order valence-electron chi connectivity index (χ2n) is 5.03. The van der Waals surface area contributed by atoms with Gasteiger partial charge in [0.15, 0.2) is 0 Å². The minimum Gasteiger partial charge on any atom is -0.525 e. The van der Waals surface area contributed by atoms with E-state index in [2.05, 4.69) is 13.8 Å². The van der Waals surface area contributed by atoms with Gasteiger partial charge < -0.3 is 21.1 Å². The molecule has 0 radical (unpaired) electrons. The second kappa shape index (κ2) is 8.21. The van der Waals surface area contributed by atoms with Gasteiger partial charge in [-0.3, -0.25) is 0 Å². The summed E-state index contributed by atoms with van der Waals surface area (Å²) in [6, 6.07) is 11.7. The quantitative estimate of drug-likeness (QED) is 0.485. The molecule has 0 spiro atoms. The van der Waals surface area contributed by atoms with Crippen LogP contribution in [0, 0.1) is 6.92 Å². The molecule has 0 aliphatic carbocycles. The van der Waals surface area contributed by atoms with Gasteiger partial charge in [0.2, 0.25) is 0 Å². The van der Waals surface area contributed by atoms with E-state index >= 15 is 0 Å². The molecule has 0 amide bonds. The van der Waals surface area contributed by atoms with Crippen molar-refractivity contribution in [2.24, 2.45) is 0 Å². The first-order chi connectivity index (χ1) is 10.8. The standard InChI is InChI=1S/C19H19O3.W/c1-3-11-21-17-10-8-15-6-5-14-7-9-16(20-4-2)12-18(14)22-19(15)13-17;/h5-10,12-13H,2-4,11H2,1H3;/q-1;. The zero-order valence-electron chi connectivity index (χ0n) is 13.1. The topological polar surface area (TPSA) is 27.7 Å². The Labute approximate surface area is 151 Å². The molecule has 0 bridgehead atoms. The van der Waals surface area contributed by atoms with Crippen LogP contribution in [0.3, 0.4) is 0 Å². The first kappa shape index (κ1) is 17.6. The maximum atomic E-state index is 6.07. The van der Waals surface area contributed by atoms with E-state index in [9.17, 15) is 0 Å². The third-order valence-electron chi connectivity index (χ3n) is 3.37. The minimum absolute atomic E-state index is 0. The molecule has 1 aliphatic rings. The summed E-state index contributed by atoms with van der Waals surface area (Å²) in [6.07, 6.45) is 5.07. The predicted octanol–water partition coefficient (Wildman–Crippen LogP) is 4.96. The molecule has 120 valence electrons. The monoisotopic (exact) mass is 479 g/mol. The zero-order valence-corrected chi connectivity index (χ0v) is 16.0. The van der Waals surface area contributed by atoms with Gasteiger partial charge in [0.05, 0.1) is 6.61 Å². The maximum absolute atomic E-state index is 6.07. The smallest absolute Gasteiger partial charge is 0.138 e. The summed E-state index contributed by atoms with van der Waals surface area (Å²) < 4.78 is 17.2. The van der Waals surface area contributed by atoms with Gasteiger partial charge in [-0.1, -0.05) is 19.1 Å². The molecule has 0 N–H and O–H groups in total. The van der Waals surface area contributed by atoms with Crippen molar-refractivity contribution in [2.45, 2.75) is 13.3 Å². The summed E-state index contributed by atoms with van der Waals surface area (Å²) in [5.41, 5.74) is 2.04. The summed E-state index contributed by atoms with van der Waals surface area (Å²) in [4.78, 5) is 0. The van der Waals surface area contributed by atoms with Crippen LogP contribution < -0.4 is 14.2 Å². The van der Waals surface area contributed by atoms with E-state index in [1.54, 1.807) is 0 Å². The fourth-order valence-electron chi connectivity index (χ4n) is 2.30. The van der Waals surface area contributed by atoms with E-state index in [0.717, 1.165) is 40.5 Å². The van der Waals surface area contributed by atoms with E-state index in [1.807, 2.05) is 48.6 Å². The number of benzene rings is 2. The SMILES string of the molecule is [CH2-]COc1ccc2c(c1)Oc1cc(OCCC)ccc1C=C2.[W]. The van der Waals surface area contributed by atoms with Crippen LogP contribution in [0.2, 0.25) is 0 Å². The predicted molar refractivity (Wildman–Crippen MR) is 88.5 cm³/mol. The Morgan fingerprint density at radius 1 is 0.913 bits per heavy atom. The molecule has 0 aromatic heterocycles. The summed E-state index contributed by atoms with van der Waals surface area (Å²) in [5.74, 6) is 3.13. The van der Waals surface area contributed by atoms with Crippen molar-refractivity contribution in [3.05, 3.63) is 54.4 Å². The van der Waals surface area contributed by atoms with Gasteiger partial charge in [-0.05, 0) is 37.3 Å². The van der Waals surface area contributed by atoms with Crippen molar-refractivity contribution in [1.82, 2.24) is 0 Å². The summed E-state index contributed by atoms with van der Waals surface area (Å²) in [5, 5.41) is 0. The zero-order chi connectivity index (χ0) is 15.4. The van der Waals surface area contributed by atoms with Crippen molar-refractivity contribution >= 4 is 12.2 Å². The molecule has 23 heavy (non-hydrogen) atoms. The van der Waals surface area contributed by atoms with E-state index in [0.29, 0.717) is 13.2 Å². The molecule has 1 heterocycles. The van der Waals surface area contributed by atoms with Crippen molar-refractivity contribution < 1.29 is 35.3 Å². The Hall–Kier alpha value is -1.73. The number of ether oxygens (including phenoxy) is 3. The molecule has 4 heteroatoms. The number of rotatable bonds is 5. The fraction of sp³-hybridized carbons (Fsp3) is 0.211. The largest absolute Gasteiger partial charge is 0.525 e. The van der Waals surface area contributed by atoms with Crippen LogP contribution in [0.15, 0.2) is 36.4 Å². The Morgan fingerprint density at radius 3 is 2.00 bits per heavy atom. The molecule has 0 saturated heterocycles. The summed E-state index contributed by atoms with van der Waals surface area (Å²) in [7, 11) is 0. The van der Waals surface area contributed by atoms with Crippen molar-refractivity contribution in [2.75, 3.05) is 13.2 Å². The number of hydrogen-bond acceptors (Lipinski definition) is 3. The Kier molecular flexibility index (Phi) is 6.29. The first-order valence-electron chi connectivity index (χ1n) is 7.49. The van der Waals surface area contributed by atoms with Crippen molar-refractivity contribution in [3.63, 3.8) is 0 Å². The van der Waals surface area contributed by atoms with Gasteiger partial charge in [-0.15, -0.1) is 0 Å². The summed E-state index contributed by atoms with van der Waals surface area (Å²) >= 11 is 0. The van der Waals surface area contributed by atoms with E-state index < -0.39 is 0 Å². The minimum atomic E-state index is 0. The van der Waals surface area contributed by atoms with Gasteiger partial charge >= 0.3 is 0 Å². The van der Waals surface area contributed by atoms with E-state index in [1.165, 1.54) is 0 Å². The third-order valence-corrected chi connectivity index (χ3v) is 3.37. The van der Waals surface area contributed by atoms with Crippen LogP contribution in [0.4, 0.5) is 0 Å². The molecule has 2 aromatic rings. The number of fused-ring (bicyclic) bond motifs is 2. The molecule has 0 atom stereocenters. The van der Waals surface area contributed by atoms with E-state index in [4.69, 9.17) is 14.2 Å². The average molecular weight is 479 g/mol. The maximum Gasteiger partial charge on any atom is 0.138 e. The van der Waals surface area contributed by atoms with Crippen LogP contribution in [-0.4, -0.2) is 13.2 Å². The molecule has 3 nitrogen and oxygen atoms in total. The van der Waals surface area contributed by atoms with Crippen LogP contribution in [0.5, 0.6) is 23.0 Å². The van der Waals surface area contributed by atoms with Crippen LogP contribution >= 0.6 is 0 Å². The fourth-order valence-corrected chi connectivity index (χ4v) is 2.30. The molecular formula is C19H19O3W-. The van der Waals surface area contributed by atoms with Crippen molar-refractivity contribution in [1.29, 1.82) is 0 Å². The first-order valence-corrected chi connectivity index (χ1v) is 7.49. The molecular weight excluding hydrogens is 460 g/mol. The Morgan fingerprint density at radius 2 is 1.48 bits per heavy atom. The van der Waals surface area contributed by atoms with Gasteiger partial charge in [0.25, 0.3) is 0 Å². The number of hydrogen-bond donors (Lipinski definition) is 0. The van der Waals surface area contributed by atoms with Crippen LogP contribution in [0.1, 0.15) is 24.5 Å². The molecule has 0 unspecified atom stereocenters. The average Bonchev–Trinajstić information content (AvgIpc) is 2.71. The molecule has 0 fully saturated rings. The molecule has 1 aliphatic heterocycles.